The van der Waals surface area contributed by atoms with Crippen LogP contribution in [0.25, 0.3) is 0 Å². The predicted octanol–water partition coefficient (Wildman–Crippen LogP) is 0.597. The molecule has 1 aliphatic heterocycles. The Bertz CT molecular complexity index is 468. The normalized spacial score (nSPS) is 18.4. The minimum Gasteiger partial charge on any atom is -0.378 e. The third-order valence-electron chi connectivity index (χ3n) is 3.68. The highest BCUT2D eigenvalue weighted by Crippen LogP contribution is 2.16. The van der Waals surface area contributed by atoms with E-state index >= 15 is 0 Å². The number of anilines is 1. The monoisotopic (exact) mass is 280 g/mol. The van der Waals surface area contributed by atoms with Crippen LogP contribution in [0.5, 0.6) is 0 Å². The van der Waals surface area contributed by atoms with Crippen LogP contribution in [0.15, 0.2) is 17.1 Å². The summed E-state index contributed by atoms with van der Waals surface area (Å²) in [6.07, 6.45) is 6.33. The number of nitrogens with two attached hydrogens (primary N) is 1. The molecule has 20 heavy (non-hydrogen) atoms. The van der Waals surface area contributed by atoms with Crippen LogP contribution >= 0.6 is 0 Å². The molecule has 0 amide bonds. The molecule has 2 heterocycles. The molecule has 0 aliphatic carbocycles. The Morgan fingerprint density at radius 1 is 1.60 bits per heavy atom. The van der Waals surface area contributed by atoms with Gasteiger partial charge in [-0.15, -0.1) is 0 Å². The topological polar surface area (TPSA) is 73.4 Å². The molecule has 0 radical (unpaired) electrons. The van der Waals surface area contributed by atoms with Crippen molar-refractivity contribution in [1.82, 2.24) is 9.78 Å². The zero-order chi connectivity index (χ0) is 14.4. The van der Waals surface area contributed by atoms with Gasteiger partial charge in [-0.05, 0) is 25.7 Å². The predicted molar refractivity (Wildman–Crippen MR) is 79.0 cm³/mol. The Kier molecular flexibility index (Phi) is 5.55. The highest BCUT2D eigenvalue weighted by atomic mass is 16.5. The third kappa shape index (κ3) is 4.05. The first-order valence-electron chi connectivity index (χ1n) is 7.30. The number of aromatic nitrogens is 2. The average molecular weight is 280 g/mol. The zero-order valence-corrected chi connectivity index (χ0v) is 12.1. The fourth-order valence-corrected chi connectivity index (χ4v) is 2.46. The van der Waals surface area contributed by atoms with Gasteiger partial charge in [-0.25, -0.2) is 4.68 Å². The smallest absolute Gasteiger partial charge is 0.268 e. The van der Waals surface area contributed by atoms with Gasteiger partial charge in [-0.1, -0.05) is 0 Å². The Balaban J connectivity index is 1.87. The van der Waals surface area contributed by atoms with E-state index in [-0.39, 0.29) is 5.56 Å². The molecule has 0 spiro atoms. The van der Waals surface area contributed by atoms with Crippen molar-refractivity contribution >= 4 is 5.69 Å². The van der Waals surface area contributed by atoms with Crippen molar-refractivity contribution in [3.05, 3.63) is 22.6 Å². The van der Waals surface area contributed by atoms with Crippen molar-refractivity contribution in [3.8, 4) is 0 Å². The molecular weight excluding hydrogens is 256 g/mol. The number of hydrogen-bond acceptors (Lipinski definition) is 5. The molecule has 1 aromatic rings. The largest absolute Gasteiger partial charge is 0.378 e. The molecular formula is C14H24N4O2. The van der Waals surface area contributed by atoms with E-state index in [0.29, 0.717) is 25.7 Å². The lowest BCUT2D eigenvalue weighted by Crippen LogP contribution is -2.29. The molecule has 0 saturated carbocycles. The Labute approximate surface area is 119 Å². The summed E-state index contributed by atoms with van der Waals surface area (Å²) in [6, 6.07) is 1.62. The van der Waals surface area contributed by atoms with Gasteiger partial charge in [0.05, 0.1) is 18.0 Å². The van der Waals surface area contributed by atoms with Gasteiger partial charge in [-0.2, -0.15) is 5.10 Å². The number of aryl methyl sites for hydroxylation is 1. The molecule has 2 N–H and O–H groups in total. The molecule has 1 fully saturated rings. The zero-order valence-electron chi connectivity index (χ0n) is 12.1. The second-order valence-corrected chi connectivity index (χ2v) is 5.26. The summed E-state index contributed by atoms with van der Waals surface area (Å²) in [5.74, 6) is 0. The fraction of sp³-hybridized carbons (Fsp3) is 0.714. The molecule has 1 aliphatic rings. The van der Waals surface area contributed by atoms with Crippen molar-refractivity contribution < 1.29 is 4.74 Å². The number of ether oxygens (including phenoxy) is 1. The van der Waals surface area contributed by atoms with Gasteiger partial charge in [0.25, 0.3) is 5.56 Å². The lowest BCUT2D eigenvalue weighted by atomic mass is 10.1. The lowest BCUT2D eigenvalue weighted by Gasteiger charge is -2.17. The van der Waals surface area contributed by atoms with Crippen LogP contribution in [0, 0.1) is 0 Å². The molecule has 1 atom stereocenters. The Hall–Kier alpha value is -1.40. The fourth-order valence-electron chi connectivity index (χ4n) is 2.46. The van der Waals surface area contributed by atoms with Gasteiger partial charge in [0, 0.05) is 39.4 Å². The number of rotatable bonds is 7. The first kappa shape index (κ1) is 15.0. The van der Waals surface area contributed by atoms with Crippen molar-refractivity contribution in [1.29, 1.82) is 0 Å². The van der Waals surface area contributed by atoms with E-state index in [4.69, 9.17) is 10.5 Å². The summed E-state index contributed by atoms with van der Waals surface area (Å²) in [5.41, 5.74) is 6.26. The number of likely N-dealkylation sites (N-methyl/N-ethyl adjacent to an activating group) is 1. The standard InChI is InChI=1S/C14H24N4O2/c1-17(8-6-15)12-10-14(19)18(16-11-12)7-2-4-13-5-3-9-20-13/h10-11,13H,2-9,15H2,1H3. The number of hydrogen-bond donors (Lipinski definition) is 1. The summed E-state index contributed by atoms with van der Waals surface area (Å²) in [7, 11) is 1.91. The maximum atomic E-state index is 12.0. The van der Waals surface area contributed by atoms with Crippen LogP contribution in [0.2, 0.25) is 0 Å². The highest BCUT2D eigenvalue weighted by molar-refractivity contribution is 5.41. The molecule has 112 valence electrons. The van der Waals surface area contributed by atoms with Crippen LogP contribution in [-0.2, 0) is 11.3 Å². The molecule has 0 bridgehead atoms. The molecule has 2 rings (SSSR count). The van der Waals surface area contributed by atoms with Gasteiger partial charge in [0.1, 0.15) is 0 Å². The van der Waals surface area contributed by atoms with Crippen molar-refractivity contribution in [3.63, 3.8) is 0 Å². The van der Waals surface area contributed by atoms with E-state index in [1.165, 1.54) is 4.68 Å². The van der Waals surface area contributed by atoms with E-state index in [1.807, 2.05) is 11.9 Å². The van der Waals surface area contributed by atoms with Crippen LogP contribution in [0.4, 0.5) is 5.69 Å². The molecule has 1 aromatic heterocycles. The minimum absolute atomic E-state index is 0.0567. The van der Waals surface area contributed by atoms with Crippen LogP contribution in [0.3, 0.4) is 0 Å². The van der Waals surface area contributed by atoms with E-state index in [0.717, 1.165) is 38.0 Å². The van der Waals surface area contributed by atoms with Crippen molar-refractivity contribution in [2.75, 3.05) is 31.6 Å². The summed E-state index contributed by atoms with van der Waals surface area (Å²) < 4.78 is 7.09. The SMILES string of the molecule is CN(CCN)c1cnn(CCCC2CCCO2)c(=O)c1. The minimum atomic E-state index is -0.0567. The molecule has 6 nitrogen and oxygen atoms in total. The first-order chi connectivity index (χ1) is 9.70. The van der Waals surface area contributed by atoms with Gasteiger partial charge in [0.15, 0.2) is 0 Å². The second-order valence-electron chi connectivity index (χ2n) is 5.26. The molecule has 0 aromatic carbocycles. The van der Waals surface area contributed by atoms with Crippen LogP contribution in [0.1, 0.15) is 25.7 Å². The van der Waals surface area contributed by atoms with Gasteiger partial charge >= 0.3 is 0 Å². The highest BCUT2D eigenvalue weighted by Gasteiger charge is 2.14. The summed E-state index contributed by atoms with van der Waals surface area (Å²) in [4.78, 5) is 13.9. The van der Waals surface area contributed by atoms with Gasteiger partial charge in [0.2, 0.25) is 0 Å². The first-order valence-corrected chi connectivity index (χ1v) is 7.30. The molecule has 6 heteroatoms. The summed E-state index contributed by atoms with van der Waals surface area (Å²) in [6.45, 7) is 2.80. The maximum Gasteiger partial charge on any atom is 0.268 e. The van der Waals surface area contributed by atoms with E-state index in [2.05, 4.69) is 5.10 Å². The number of nitrogens with zero attached hydrogens (tertiary/aromatic N) is 3. The van der Waals surface area contributed by atoms with Crippen LogP contribution < -0.4 is 16.2 Å². The summed E-state index contributed by atoms with van der Waals surface area (Å²) in [5, 5.41) is 4.23. The maximum absolute atomic E-state index is 12.0. The van der Waals surface area contributed by atoms with E-state index < -0.39 is 0 Å². The van der Waals surface area contributed by atoms with Crippen LogP contribution in [-0.4, -0.2) is 42.6 Å². The van der Waals surface area contributed by atoms with E-state index in [9.17, 15) is 4.79 Å². The Morgan fingerprint density at radius 3 is 3.10 bits per heavy atom. The quantitative estimate of drug-likeness (QED) is 0.791. The molecule has 1 saturated heterocycles. The van der Waals surface area contributed by atoms with Gasteiger partial charge in [-0.3, -0.25) is 4.79 Å². The van der Waals surface area contributed by atoms with Gasteiger partial charge < -0.3 is 15.4 Å². The Morgan fingerprint density at radius 2 is 2.45 bits per heavy atom. The average Bonchev–Trinajstić information content (AvgIpc) is 2.94. The lowest BCUT2D eigenvalue weighted by molar-refractivity contribution is 0.101. The third-order valence-corrected chi connectivity index (χ3v) is 3.68. The molecule has 1 unspecified atom stereocenters. The van der Waals surface area contributed by atoms with Crippen molar-refractivity contribution in [2.24, 2.45) is 5.73 Å². The second kappa shape index (κ2) is 7.40. The van der Waals surface area contributed by atoms with E-state index in [1.54, 1.807) is 12.3 Å². The van der Waals surface area contributed by atoms with Crippen molar-refractivity contribution in [2.45, 2.75) is 38.3 Å². The summed E-state index contributed by atoms with van der Waals surface area (Å²) >= 11 is 0.